The van der Waals surface area contributed by atoms with Crippen molar-refractivity contribution in [3.05, 3.63) is 17.0 Å². The third-order valence-corrected chi connectivity index (χ3v) is 2.78. The Morgan fingerprint density at radius 1 is 1.39 bits per heavy atom. The zero-order valence-electron chi connectivity index (χ0n) is 11.5. The van der Waals surface area contributed by atoms with Crippen molar-refractivity contribution < 1.29 is 4.74 Å². The van der Waals surface area contributed by atoms with Crippen molar-refractivity contribution >= 4 is 17.4 Å². The van der Waals surface area contributed by atoms with Crippen LogP contribution in [0.2, 0.25) is 5.15 Å². The minimum atomic E-state index is 0.256. The molecule has 0 amide bonds. The number of hydrogen-bond donors (Lipinski definition) is 1. The van der Waals surface area contributed by atoms with Gasteiger partial charge in [0.15, 0.2) is 0 Å². The van der Waals surface area contributed by atoms with Gasteiger partial charge in [0.2, 0.25) is 0 Å². The molecule has 5 heteroatoms. The maximum Gasteiger partial charge on any atom is 0.135 e. The molecule has 0 saturated carbocycles. The minimum absolute atomic E-state index is 0.256. The summed E-state index contributed by atoms with van der Waals surface area (Å²) in [5.41, 5.74) is 0. The van der Waals surface area contributed by atoms with E-state index in [1.54, 1.807) is 13.2 Å². The van der Waals surface area contributed by atoms with Crippen molar-refractivity contribution in [2.75, 3.05) is 19.0 Å². The molecular formula is C13H22ClN3O. The van der Waals surface area contributed by atoms with Gasteiger partial charge in [-0.2, -0.15) is 0 Å². The van der Waals surface area contributed by atoms with Crippen molar-refractivity contribution in [3.63, 3.8) is 0 Å². The van der Waals surface area contributed by atoms with Gasteiger partial charge in [-0.05, 0) is 6.42 Å². The van der Waals surface area contributed by atoms with E-state index in [4.69, 9.17) is 16.3 Å². The average molecular weight is 272 g/mol. The molecule has 0 aromatic carbocycles. The van der Waals surface area contributed by atoms with Crippen LogP contribution in [0, 0.1) is 0 Å². The number of hydrogen-bond acceptors (Lipinski definition) is 4. The van der Waals surface area contributed by atoms with E-state index in [2.05, 4.69) is 22.2 Å². The number of anilines is 1. The van der Waals surface area contributed by atoms with Gasteiger partial charge in [-0.3, -0.25) is 0 Å². The Morgan fingerprint density at radius 3 is 2.67 bits per heavy atom. The normalized spacial score (nSPS) is 12.8. The standard InChI is InChI=1S/C13H22ClN3O/c1-5-6-10(8-18-4)15-12-7-11(14)16-13(17-12)9(2)3/h7,9-10H,5-6,8H2,1-4H3,(H,15,16,17). The van der Waals surface area contributed by atoms with Crippen molar-refractivity contribution in [1.29, 1.82) is 0 Å². The van der Waals surface area contributed by atoms with Crippen molar-refractivity contribution in [2.45, 2.75) is 45.6 Å². The molecule has 0 bridgehead atoms. The molecule has 4 nitrogen and oxygen atoms in total. The topological polar surface area (TPSA) is 47.0 Å². The summed E-state index contributed by atoms with van der Waals surface area (Å²) in [6, 6.07) is 2.01. The van der Waals surface area contributed by atoms with Crippen molar-refractivity contribution in [2.24, 2.45) is 0 Å². The third kappa shape index (κ3) is 4.78. The van der Waals surface area contributed by atoms with Crippen LogP contribution in [0.4, 0.5) is 5.82 Å². The van der Waals surface area contributed by atoms with Crippen LogP contribution in [0.3, 0.4) is 0 Å². The molecule has 0 radical (unpaired) electrons. The average Bonchev–Trinajstić information content (AvgIpc) is 2.28. The van der Waals surface area contributed by atoms with E-state index in [1.165, 1.54) is 0 Å². The van der Waals surface area contributed by atoms with E-state index in [0.29, 0.717) is 11.8 Å². The van der Waals surface area contributed by atoms with Gasteiger partial charge < -0.3 is 10.1 Å². The van der Waals surface area contributed by atoms with Gasteiger partial charge in [0.05, 0.1) is 12.6 Å². The largest absolute Gasteiger partial charge is 0.383 e. The Morgan fingerprint density at radius 2 is 2.11 bits per heavy atom. The molecule has 1 unspecified atom stereocenters. The Bertz CT molecular complexity index is 365. The molecule has 0 aliphatic heterocycles. The Kier molecular flexibility index (Phi) is 6.36. The van der Waals surface area contributed by atoms with Gasteiger partial charge in [0, 0.05) is 19.1 Å². The van der Waals surface area contributed by atoms with E-state index in [9.17, 15) is 0 Å². The summed E-state index contributed by atoms with van der Waals surface area (Å²) in [5, 5.41) is 3.83. The molecule has 18 heavy (non-hydrogen) atoms. The lowest BCUT2D eigenvalue weighted by atomic mass is 10.2. The molecule has 0 spiro atoms. The molecular weight excluding hydrogens is 250 g/mol. The predicted molar refractivity (Wildman–Crippen MR) is 75.3 cm³/mol. The predicted octanol–water partition coefficient (Wildman–Crippen LogP) is 3.48. The van der Waals surface area contributed by atoms with Crippen LogP contribution in [0.5, 0.6) is 0 Å². The first kappa shape index (κ1) is 15.2. The summed E-state index contributed by atoms with van der Waals surface area (Å²) in [6.07, 6.45) is 2.13. The number of rotatable bonds is 7. The molecule has 1 rings (SSSR count). The summed E-state index contributed by atoms with van der Waals surface area (Å²) in [7, 11) is 1.71. The summed E-state index contributed by atoms with van der Waals surface area (Å²) in [5.74, 6) is 1.79. The molecule has 1 heterocycles. The fourth-order valence-corrected chi connectivity index (χ4v) is 1.91. The Hall–Kier alpha value is -0.870. The molecule has 1 atom stereocenters. The Labute approximate surface area is 114 Å². The highest BCUT2D eigenvalue weighted by Gasteiger charge is 2.11. The van der Waals surface area contributed by atoms with Crippen LogP contribution in [0.15, 0.2) is 6.07 Å². The zero-order chi connectivity index (χ0) is 13.5. The van der Waals surface area contributed by atoms with Crippen LogP contribution >= 0.6 is 11.6 Å². The fraction of sp³-hybridized carbons (Fsp3) is 0.692. The summed E-state index contributed by atoms with van der Waals surface area (Å²) in [6.45, 7) is 6.91. The zero-order valence-corrected chi connectivity index (χ0v) is 12.3. The first-order valence-corrected chi connectivity index (χ1v) is 6.74. The molecule has 102 valence electrons. The first-order valence-electron chi connectivity index (χ1n) is 6.36. The highest BCUT2D eigenvalue weighted by molar-refractivity contribution is 6.29. The summed E-state index contributed by atoms with van der Waals surface area (Å²) in [4.78, 5) is 8.69. The number of halogens is 1. The Balaban J connectivity index is 2.81. The summed E-state index contributed by atoms with van der Waals surface area (Å²) >= 11 is 6.01. The lowest BCUT2D eigenvalue weighted by Gasteiger charge is -2.18. The number of nitrogens with zero attached hydrogens (tertiary/aromatic N) is 2. The van der Waals surface area contributed by atoms with Gasteiger partial charge >= 0.3 is 0 Å². The van der Waals surface area contributed by atoms with Crippen LogP contribution < -0.4 is 5.32 Å². The molecule has 0 aliphatic carbocycles. The van der Waals surface area contributed by atoms with Crippen molar-refractivity contribution in [1.82, 2.24) is 9.97 Å². The smallest absolute Gasteiger partial charge is 0.135 e. The van der Waals surface area contributed by atoms with Crippen LogP contribution in [-0.4, -0.2) is 29.7 Å². The summed E-state index contributed by atoms with van der Waals surface area (Å²) < 4.78 is 5.20. The SMILES string of the molecule is CCCC(COC)Nc1cc(Cl)nc(C(C)C)n1. The number of methoxy groups -OCH3 is 1. The van der Waals surface area contributed by atoms with E-state index in [1.807, 2.05) is 13.8 Å². The number of ether oxygens (including phenoxy) is 1. The maximum atomic E-state index is 6.01. The highest BCUT2D eigenvalue weighted by atomic mass is 35.5. The molecule has 1 aromatic rings. The van der Waals surface area contributed by atoms with E-state index in [0.717, 1.165) is 24.5 Å². The lowest BCUT2D eigenvalue weighted by Crippen LogP contribution is -2.25. The quantitative estimate of drug-likeness (QED) is 0.772. The molecule has 0 aliphatic rings. The molecule has 0 saturated heterocycles. The second-order valence-electron chi connectivity index (χ2n) is 4.67. The van der Waals surface area contributed by atoms with Crippen LogP contribution in [-0.2, 0) is 4.74 Å². The van der Waals surface area contributed by atoms with Crippen molar-refractivity contribution in [3.8, 4) is 0 Å². The van der Waals surface area contributed by atoms with Gasteiger partial charge in [0.1, 0.15) is 16.8 Å². The second-order valence-corrected chi connectivity index (χ2v) is 5.06. The van der Waals surface area contributed by atoms with E-state index < -0.39 is 0 Å². The second kappa shape index (κ2) is 7.54. The van der Waals surface area contributed by atoms with E-state index >= 15 is 0 Å². The first-order chi connectivity index (χ1) is 8.56. The molecule has 0 fully saturated rings. The van der Waals surface area contributed by atoms with Gasteiger partial charge in [-0.25, -0.2) is 9.97 Å². The highest BCUT2D eigenvalue weighted by Crippen LogP contribution is 2.18. The monoisotopic (exact) mass is 271 g/mol. The number of nitrogens with one attached hydrogen (secondary N) is 1. The van der Waals surface area contributed by atoms with Crippen LogP contribution in [0.25, 0.3) is 0 Å². The third-order valence-electron chi connectivity index (χ3n) is 2.59. The van der Waals surface area contributed by atoms with Gasteiger partial charge in [-0.1, -0.05) is 38.8 Å². The lowest BCUT2D eigenvalue weighted by molar-refractivity contribution is 0.182. The molecule has 1 N–H and O–H groups in total. The van der Waals surface area contributed by atoms with Gasteiger partial charge in [-0.15, -0.1) is 0 Å². The van der Waals surface area contributed by atoms with E-state index in [-0.39, 0.29) is 12.0 Å². The molecule has 1 aromatic heterocycles. The van der Waals surface area contributed by atoms with Gasteiger partial charge in [0.25, 0.3) is 0 Å². The minimum Gasteiger partial charge on any atom is -0.383 e. The number of aromatic nitrogens is 2. The fourth-order valence-electron chi connectivity index (χ4n) is 1.72. The maximum absolute atomic E-state index is 6.01. The van der Waals surface area contributed by atoms with Crippen LogP contribution in [0.1, 0.15) is 45.4 Å².